The second-order valence-corrected chi connectivity index (χ2v) is 6.62. The number of amides is 1. The predicted octanol–water partition coefficient (Wildman–Crippen LogP) is 3.40. The van der Waals surface area contributed by atoms with Crippen molar-refractivity contribution in [1.82, 2.24) is 15.1 Å². The molecule has 0 aliphatic carbocycles. The molecule has 1 N–H and O–H groups in total. The Balaban J connectivity index is 1.57. The summed E-state index contributed by atoms with van der Waals surface area (Å²) in [6.07, 6.45) is 0. The number of hydrogen-bond donors (Lipinski definition) is 1. The Labute approximate surface area is 165 Å². The van der Waals surface area contributed by atoms with E-state index in [0.717, 1.165) is 22.5 Å². The summed E-state index contributed by atoms with van der Waals surface area (Å²) in [5, 5.41) is 7.23. The van der Waals surface area contributed by atoms with Crippen LogP contribution in [0.1, 0.15) is 22.5 Å². The Morgan fingerprint density at radius 1 is 1.04 bits per heavy atom. The molecule has 1 amide bonds. The van der Waals surface area contributed by atoms with Crippen LogP contribution in [0.3, 0.4) is 0 Å². The number of aromatic nitrogens is 2. The molecule has 2 aromatic carbocycles. The number of hydrogen-bond acceptors (Lipinski definition) is 4. The second-order valence-electron chi connectivity index (χ2n) is 6.62. The first-order valence-corrected chi connectivity index (χ1v) is 9.16. The van der Waals surface area contributed by atoms with Crippen molar-refractivity contribution in [3.63, 3.8) is 0 Å². The van der Waals surface area contributed by atoms with Crippen LogP contribution in [0.4, 0.5) is 0 Å². The van der Waals surface area contributed by atoms with Crippen LogP contribution in [-0.2, 0) is 24.5 Å². The summed E-state index contributed by atoms with van der Waals surface area (Å²) in [6, 6.07) is 17.6. The SMILES string of the molecule is COc1cc(CNC(=O)Cn2nc(C)cc2C)ccc1OCc1ccccc1. The summed E-state index contributed by atoms with van der Waals surface area (Å²) in [4.78, 5) is 12.2. The van der Waals surface area contributed by atoms with E-state index in [4.69, 9.17) is 9.47 Å². The lowest BCUT2D eigenvalue weighted by atomic mass is 10.2. The average molecular weight is 379 g/mol. The van der Waals surface area contributed by atoms with E-state index in [2.05, 4.69) is 10.4 Å². The van der Waals surface area contributed by atoms with Gasteiger partial charge in [0.25, 0.3) is 0 Å². The Morgan fingerprint density at radius 3 is 2.50 bits per heavy atom. The van der Waals surface area contributed by atoms with Gasteiger partial charge in [0.15, 0.2) is 11.5 Å². The first kappa shape index (κ1) is 19.5. The van der Waals surface area contributed by atoms with Crippen molar-refractivity contribution in [3.05, 3.63) is 77.1 Å². The largest absolute Gasteiger partial charge is 0.493 e. The van der Waals surface area contributed by atoms with Crippen LogP contribution in [0.25, 0.3) is 0 Å². The number of nitrogens with zero attached hydrogens (tertiary/aromatic N) is 2. The van der Waals surface area contributed by atoms with Crippen LogP contribution in [0, 0.1) is 13.8 Å². The predicted molar refractivity (Wildman–Crippen MR) is 107 cm³/mol. The molecule has 1 aromatic heterocycles. The lowest BCUT2D eigenvalue weighted by Gasteiger charge is -2.13. The molecule has 1 heterocycles. The fourth-order valence-electron chi connectivity index (χ4n) is 2.90. The highest BCUT2D eigenvalue weighted by Crippen LogP contribution is 2.28. The zero-order valence-electron chi connectivity index (χ0n) is 16.4. The van der Waals surface area contributed by atoms with Crippen LogP contribution in [0.2, 0.25) is 0 Å². The van der Waals surface area contributed by atoms with E-state index in [1.807, 2.05) is 68.4 Å². The van der Waals surface area contributed by atoms with Gasteiger partial charge < -0.3 is 14.8 Å². The number of aryl methyl sites for hydroxylation is 2. The third-order valence-electron chi connectivity index (χ3n) is 4.35. The van der Waals surface area contributed by atoms with Crippen molar-refractivity contribution >= 4 is 5.91 Å². The van der Waals surface area contributed by atoms with Crippen molar-refractivity contribution in [2.75, 3.05) is 7.11 Å². The molecule has 28 heavy (non-hydrogen) atoms. The molecule has 3 rings (SSSR count). The van der Waals surface area contributed by atoms with E-state index in [1.54, 1.807) is 11.8 Å². The van der Waals surface area contributed by atoms with E-state index < -0.39 is 0 Å². The Kier molecular flexibility index (Phi) is 6.32. The van der Waals surface area contributed by atoms with Gasteiger partial charge in [-0.25, -0.2) is 0 Å². The van der Waals surface area contributed by atoms with E-state index in [9.17, 15) is 4.79 Å². The minimum Gasteiger partial charge on any atom is -0.493 e. The molecule has 0 atom stereocenters. The molecule has 0 unspecified atom stereocenters. The Bertz CT molecular complexity index is 935. The highest BCUT2D eigenvalue weighted by molar-refractivity contribution is 5.75. The molecule has 6 nitrogen and oxygen atoms in total. The van der Waals surface area contributed by atoms with Crippen LogP contribution < -0.4 is 14.8 Å². The van der Waals surface area contributed by atoms with Crippen molar-refractivity contribution in [2.45, 2.75) is 33.5 Å². The van der Waals surface area contributed by atoms with E-state index in [0.29, 0.717) is 24.7 Å². The highest BCUT2D eigenvalue weighted by atomic mass is 16.5. The lowest BCUT2D eigenvalue weighted by Crippen LogP contribution is -2.28. The maximum absolute atomic E-state index is 12.2. The Morgan fingerprint density at radius 2 is 1.82 bits per heavy atom. The first-order chi connectivity index (χ1) is 13.5. The molecular weight excluding hydrogens is 354 g/mol. The lowest BCUT2D eigenvalue weighted by molar-refractivity contribution is -0.122. The maximum Gasteiger partial charge on any atom is 0.242 e. The van der Waals surface area contributed by atoms with Crippen LogP contribution >= 0.6 is 0 Å². The van der Waals surface area contributed by atoms with Gasteiger partial charge in [-0.3, -0.25) is 9.48 Å². The van der Waals surface area contributed by atoms with Crippen molar-refractivity contribution in [1.29, 1.82) is 0 Å². The summed E-state index contributed by atoms with van der Waals surface area (Å²) >= 11 is 0. The number of rotatable bonds is 8. The summed E-state index contributed by atoms with van der Waals surface area (Å²) in [5.41, 5.74) is 3.89. The normalized spacial score (nSPS) is 10.5. The fourth-order valence-corrected chi connectivity index (χ4v) is 2.90. The van der Waals surface area contributed by atoms with E-state index >= 15 is 0 Å². The van der Waals surface area contributed by atoms with Gasteiger partial charge in [0, 0.05) is 12.2 Å². The standard InChI is InChI=1S/C22H25N3O3/c1-16-11-17(2)25(24-16)14-22(26)23-13-19-9-10-20(21(12-19)27-3)28-15-18-7-5-4-6-8-18/h4-12H,13-15H2,1-3H3,(H,23,26). The minimum absolute atomic E-state index is 0.0884. The number of methoxy groups -OCH3 is 1. The number of ether oxygens (including phenoxy) is 2. The van der Waals surface area contributed by atoms with Gasteiger partial charge >= 0.3 is 0 Å². The van der Waals surface area contributed by atoms with Crippen molar-refractivity contribution in [3.8, 4) is 11.5 Å². The molecule has 0 aliphatic heterocycles. The van der Waals surface area contributed by atoms with Crippen LogP contribution in [0.5, 0.6) is 11.5 Å². The molecule has 0 aliphatic rings. The van der Waals surface area contributed by atoms with Gasteiger partial charge in [0.05, 0.1) is 12.8 Å². The molecule has 0 saturated heterocycles. The van der Waals surface area contributed by atoms with Crippen LogP contribution in [0.15, 0.2) is 54.6 Å². The molecule has 0 bridgehead atoms. The second kappa shape index (κ2) is 9.08. The van der Waals surface area contributed by atoms with Crippen LogP contribution in [-0.4, -0.2) is 22.8 Å². The van der Waals surface area contributed by atoms with Gasteiger partial charge in [0.1, 0.15) is 13.2 Å². The maximum atomic E-state index is 12.2. The fraction of sp³-hybridized carbons (Fsp3) is 0.273. The Hall–Kier alpha value is -3.28. The summed E-state index contributed by atoms with van der Waals surface area (Å²) < 4.78 is 13.0. The molecular formula is C22H25N3O3. The molecule has 0 radical (unpaired) electrons. The molecule has 3 aromatic rings. The number of nitrogens with one attached hydrogen (secondary N) is 1. The zero-order chi connectivity index (χ0) is 19.9. The monoisotopic (exact) mass is 379 g/mol. The highest BCUT2D eigenvalue weighted by Gasteiger charge is 2.09. The van der Waals surface area contributed by atoms with E-state index in [-0.39, 0.29) is 12.5 Å². The van der Waals surface area contributed by atoms with E-state index in [1.165, 1.54) is 0 Å². The zero-order valence-corrected chi connectivity index (χ0v) is 16.4. The number of carbonyl (C=O) groups excluding carboxylic acids is 1. The molecule has 146 valence electrons. The summed E-state index contributed by atoms with van der Waals surface area (Å²) in [7, 11) is 1.61. The topological polar surface area (TPSA) is 65.4 Å². The van der Waals surface area contributed by atoms with Gasteiger partial charge in [-0.15, -0.1) is 0 Å². The van der Waals surface area contributed by atoms with Gasteiger partial charge in [0.2, 0.25) is 5.91 Å². The molecule has 0 fully saturated rings. The molecule has 0 spiro atoms. The third-order valence-corrected chi connectivity index (χ3v) is 4.35. The van der Waals surface area contributed by atoms with Crippen molar-refractivity contribution in [2.24, 2.45) is 0 Å². The quantitative estimate of drug-likeness (QED) is 0.651. The third kappa shape index (κ3) is 5.13. The van der Waals surface area contributed by atoms with Gasteiger partial charge in [-0.2, -0.15) is 5.10 Å². The number of carbonyl (C=O) groups is 1. The van der Waals surface area contributed by atoms with Gasteiger partial charge in [-0.05, 0) is 43.2 Å². The van der Waals surface area contributed by atoms with Gasteiger partial charge in [-0.1, -0.05) is 36.4 Å². The number of benzene rings is 2. The van der Waals surface area contributed by atoms with Crippen molar-refractivity contribution < 1.29 is 14.3 Å². The summed E-state index contributed by atoms with van der Waals surface area (Å²) in [6.45, 7) is 4.93. The molecule has 0 saturated carbocycles. The summed E-state index contributed by atoms with van der Waals surface area (Å²) in [5.74, 6) is 1.22. The smallest absolute Gasteiger partial charge is 0.242 e. The minimum atomic E-state index is -0.0884. The molecule has 6 heteroatoms. The first-order valence-electron chi connectivity index (χ1n) is 9.16. The average Bonchev–Trinajstić information content (AvgIpc) is 3.02.